The highest BCUT2D eigenvalue weighted by Crippen LogP contribution is 2.44. The van der Waals surface area contributed by atoms with Gasteiger partial charge in [0.1, 0.15) is 36.6 Å². The molecule has 5 aromatic rings. The fourth-order valence-corrected chi connectivity index (χ4v) is 7.18. The first-order valence-electron chi connectivity index (χ1n) is 21.1. The van der Waals surface area contributed by atoms with Gasteiger partial charge in [-0.05, 0) is 97.7 Å². The summed E-state index contributed by atoms with van der Waals surface area (Å²) >= 11 is 0. The number of nitrogens with one attached hydrogen (secondary N) is 4. The molecule has 0 aliphatic heterocycles. The normalized spacial score (nSPS) is 12.6. The third kappa shape index (κ3) is 13.9. The van der Waals surface area contributed by atoms with Gasteiger partial charge in [-0.1, -0.05) is 91.0 Å². The van der Waals surface area contributed by atoms with Crippen molar-refractivity contribution in [1.82, 2.24) is 16.0 Å². The molecule has 65 heavy (non-hydrogen) atoms. The molecule has 338 valence electrons. The quantitative estimate of drug-likeness (QED) is 0.0163. The molecule has 6 rings (SSSR count). The van der Waals surface area contributed by atoms with E-state index in [-0.39, 0.29) is 50.0 Å². The summed E-state index contributed by atoms with van der Waals surface area (Å²) in [5, 5.41) is 22.0. The number of fused-ring (bicyclic) bond motifs is 3. The minimum Gasteiger partial charge on any atom is -0.449 e. The van der Waals surface area contributed by atoms with Crippen molar-refractivity contribution >= 4 is 41.5 Å². The first-order chi connectivity index (χ1) is 31.2. The Hall–Kier alpha value is -7.75. The van der Waals surface area contributed by atoms with Gasteiger partial charge in [-0.2, -0.15) is 0 Å². The van der Waals surface area contributed by atoms with Gasteiger partial charge in [0.05, 0.1) is 4.92 Å². The van der Waals surface area contributed by atoms with Gasteiger partial charge in [0.15, 0.2) is 0 Å². The van der Waals surface area contributed by atoms with E-state index in [0.717, 1.165) is 27.8 Å². The van der Waals surface area contributed by atoms with Crippen molar-refractivity contribution in [2.24, 2.45) is 0 Å². The Morgan fingerprint density at radius 3 is 1.94 bits per heavy atom. The number of hydrogen-bond acceptors (Lipinski definition) is 11. The summed E-state index contributed by atoms with van der Waals surface area (Å²) in [5.41, 5.74) is 5.13. The van der Waals surface area contributed by atoms with Crippen LogP contribution in [-0.2, 0) is 36.8 Å². The third-order valence-electron chi connectivity index (χ3n) is 10.3. The van der Waals surface area contributed by atoms with E-state index in [9.17, 15) is 34.1 Å². The molecular formula is C49H51N5O11. The number of carbonyl (C=O) groups is 5. The minimum atomic E-state index is -1.12. The van der Waals surface area contributed by atoms with Crippen LogP contribution >= 0.6 is 0 Å². The van der Waals surface area contributed by atoms with E-state index in [2.05, 4.69) is 21.3 Å². The summed E-state index contributed by atoms with van der Waals surface area (Å²) in [6.45, 7) is 5.42. The van der Waals surface area contributed by atoms with Crippen LogP contribution in [0.4, 0.5) is 25.8 Å². The summed E-state index contributed by atoms with van der Waals surface area (Å²) in [5.74, 6) is -1.27. The molecule has 0 unspecified atom stereocenters. The summed E-state index contributed by atoms with van der Waals surface area (Å²) in [7, 11) is 0. The molecule has 0 spiro atoms. The minimum absolute atomic E-state index is 0.0408. The lowest BCUT2D eigenvalue weighted by Crippen LogP contribution is -2.53. The molecule has 2 atom stereocenters. The van der Waals surface area contributed by atoms with Crippen molar-refractivity contribution in [2.45, 2.75) is 76.7 Å². The Morgan fingerprint density at radius 2 is 1.31 bits per heavy atom. The van der Waals surface area contributed by atoms with Crippen LogP contribution < -0.4 is 26.0 Å². The topological polar surface area (TPSA) is 214 Å². The van der Waals surface area contributed by atoms with Gasteiger partial charge in [-0.3, -0.25) is 19.7 Å². The average Bonchev–Trinajstić information content (AvgIpc) is 3.60. The van der Waals surface area contributed by atoms with Gasteiger partial charge in [0.2, 0.25) is 11.8 Å². The van der Waals surface area contributed by atoms with E-state index in [4.69, 9.17) is 18.9 Å². The van der Waals surface area contributed by atoms with Crippen LogP contribution in [0.3, 0.4) is 0 Å². The van der Waals surface area contributed by atoms with Crippen LogP contribution in [-0.4, -0.2) is 65.9 Å². The largest absolute Gasteiger partial charge is 0.514 e. The van der Waals surface area contributed by atoms with Crippen LogP contribution in [0.25, 0.3) is 11.1 Å². The Kier molecular flexibility index (Phi) is 15.9. The third-order valence-corrected chi connectivity index (χ3v) is 10.3. The standard InChI is InChI=1S/C49H51N5O11/c1-49(2,3)65-46(57)50-28-12-11-19-42(44(55)51-34-22-20-33(21-23-34)30-63-48(59)64-36-26-24-35(25-27-36)54(60)61)52-45(56)43(29-32-13-5-4-6-14-32)53-47(58)62-31-41-39-17-9-7-15-37(39)38-16-8-10-18-40(38)41/h4-10,13-18,20-27,41-43H,11-12,19,28-31H2,1-3H3,(H,50,57)(H,51,55)(H,52,56)(H,53,58)/t42-,43-/m0/s1. The van der Waals surface area contributed by atoms with Crippen molar-refractivity contribution in [2.75, 3.05) is 18.5 Å². The number of nitro groups is 1. The molecule has 16 heteroatoms. The Morgan fingerprint density at radius 1 is 0.677 bits per heavy atom. The predicted octanol–water partition coefficient (Wildman–Crippen LogP) is 8.58. The highest BCUT2D eigenvalue weighted by molar-refractivity contribution is 5.98. The van der Waals surface area contributed by atoms with E-state index < -0.39 is 52.8 Å². The van der Waals surface area contributed by atoms with Crippen molar-refractivity contribution in [3.8, 4) is 16.9 Å². The fourth-order valence-electron chi connectivity index (χ4n) is 7.18. The van der Waals surface area contributed by atoms with Crippen molar-refractivity contribution < 1.29 is 47.8 Å². The van der Waals surface area contributed by atoms with Crippen LogP contribution in [0.5, 0.6) is 5.75 Å². The summed E-state index contributed by atoms with van der Waals surface area (Å²) in [4.78, 5) is 76.4. The number of alkyl carbamates (subject to hydrolysis) is 2. The zero-order chi connectivity index (χ0) is 46.3. The maximum absolute atomic E-state index is 14.2. The molecule has 4 N–H and O–H groups in total. The molecule has 0 radical (unpaired) electrons. The molecule has 0 heterocycles. The molecule has 0 saturated heterocycles. The molecule has 1 aliphatic carbocycles. The van der Waals surface area contributed by atoms with E-state index in [1.165, 1.54) is 24.3 Å². The van der Waals surface area contributed by atoms with Gasteiger partial charge in [-0.15, -0.1) is 0 Å². The second kappa shape index (κ2) is 22.0. The molecule has 0 fully saturated rings. The number of nitro benzene ring substituents is 1. The van der Waals surface area contributed by atoms with Crippen molar-refractivity contribution in [3.63, 3.8) is 0 Å². The summed E-state index contributed by atoms with van der Waals surface area (Å²) in [6, 6.07) is 34.3. The van der Waals surface area contributed by atoms with E-state index >= 15 is 0 Å². The van der Waals surface area contributed by atoms with Crippen LogP contribution in [0.2, 0.25) is 0 Å². The summed E-state index contributed by atoms with van der Waals surface area (Å²) in [6.07, 6.45) is -1.21. The number of ether oxygens (including phenoxy) is 4. The van der Waals surface area contributed by atoms with Crippen molar-refractivity contribution in [1.29, 1.82) is 0 Å². The number of benzene rings is 5. The molecule has 0 bridgehead atoms. The lowest BCUT2D eigenvalue weighted by Gasteiger charge is -2.24. The number of carbonyl (C=O) groups excluding carboxylic acids is 5. The number of anilines is 1. The molecular weight excluding hydrogens is 835 g/mol. The van der Waals surface area contributed by atoms with E-state index in [1.54, 1.807) is 45.0 Å². The Labute approximate surface area is 376 Å². The molecule has 5 aromatic carbocycles. The number of amides is 4. The first kappa shape index (κ1) is 46.7. The molecule has 4 amide bonds. The number of unbranched alkanes of at least 4 members (excludes halogenated alkanes) is 1. The molecule has 1 aliphatic rings. The second-order valence-electron chi connectivity index (χ2n) is 16.3. The van der Waals surface area contributed by atoms with Crippen molar-refractivity contribution in [3.05, 3.63) is 160 Å². The first-order valence-corrected chi connectivity index (χ1v) is 21.1. The number of rotatable bonds is 18. The van der Waals surface area contributed by atoms with Gasteiger partial charge < -0.3 is 40.2 Å². The second-order valence-corrected chi connectivity index (χ2v) is 16.3. The molecule has 0 aromatic heterocycles. The van der Waals surface area contributed by atoms with Crippen LogP contribution in [0, 0.1) is 10.1 Å². The molecule has 16 nitrogen and oxygen atoms in total. The van der Waals surface area contributed by atoms with E-state index in [0.29, 0.717) is 24.1 Å². The highest BCUT2D eigenvalue weighted by Gasteiger charge is 2.31. The lowest BCUT2D eigenvalue weighted by molar-refractivity contribution is -0.384. The fraction of sp³-hybridized carbons (Fsp3) is 0.286. The average molecular weight is 886 g/mol. The van der Waals surface area contributed by atoms with Gasteiger partial charge >= 0.3 is 18.3 Å². The SMILES string of the molecule is CC(C)(C)OC(=O)NCCCC[C@H](NC(=O)[C@H](Cc1ccccc1)NC(=O)OCC1c2ccccc2-c2ccccc21)C(=O)Nc1ccc(COC(=O)Oc2ccc([N+](=O)[O-])cc2)cc1. The predicted molar refractivity (Wildman–Crippen MR) is 241 cm³/mol. The smallest absolute Gasteiger partial charge is 0.449 e. The number of hydrogen-bond donors (Lipinski definition) is 4. The van der Waals surface area contributed by atoms with Crippen LogP contribution in [0.1, 0.15) is 68.2 Å². The zero-order valence-corrected chi connectivity index (χ0v) is 36.2. The maximum Gasteiger partial charge on any atom is 0.514 e. The van der Waals surface area contributed by atoms with E-state index in [1.807, 2.05) is 78.9 Å². The van der Waals surface area contributed by atoms with Gasteiger partial charge in [-0.25, -0.2) is 14.4 Å². The number of non-ortho nitro benzene ring substituents is 1. The monoisotopic (exact) mass is 885 g/mol. The van der Waals surface area contributed by atoms with Gasteiger partial charge in [0, 0.05) is 36.7 Å². The van der Waals surface area contributed by atoms with Gasteiger partial charge in [0.25, 0.3) is 5.69 Å². The zero-order valence-electron chi connectivity index (χ0n) is 36.2. The molecule has 0 saturated carbocycles. The highest BCUT2D eigenvalue weighted by atomic mass is 16.7. The number of nitrogens with zero attached hydrogens (tertiary/aromatic N) is 1. The summed E-state index contributed by atoms with van der Waals surface area (Å²) < 4.78 is 21.4. The lowest BCUT2D eigenvalue weighted by atomic mass is 9.98. The maximum atomic E-state index is 14.2. The Balaban J connectivity index is 1.10. The van der Waals surface area contributed by atoms with Crippen LogP contribution in [0.15, 0.2) is 127 Å². The Bertz CT molecular complexity index is 2410.